The highest BCUT2D eigenvalue weighted by molar-refractivity contribution is 6.03. The fraction of sp³-hybridized carbons (Fsp3) is 0.615. The molecule has 1 aliphatic rings. The molecule has 1 amide bonds. The lowest BCUT2D eigenvalue weighted by Crippen LogP contribution is -2.46. The summed E-state index contributed by atoms with van der Waals surface area (Å²) < 4.78 is 6.55. The van der Waals surface area contributed by atoms with Gasteiger partial charge in [0.2, 0.25) is 0 Å². The number of ether oxygens (including phenoxy) is 1. The molecule has 0 unspecified atom stereocenters. The first-order chi connectivity index (χ1) is 9.99. The van der Waals surface area contributed by atoms with E-state index in [-0.39, 0.29) is 17.3 Å². The van der Waals surface area contributed by atoms with Gasteiger partial charge < -0.3 is 15.2 Å². The number of nitrogens with zero attached hydrogens (tertiary/aromatic N) is 3. The van der Waals surface area contributed by atoms with E-state index in [9.17, 15) is 9.59 Å². The lowest BCUT2D eigenvalue weighted by molar-refractivity contribution is 0.0342. The summed E-state index contributed by atoms with van der Waals surface area (Å²) in [5.41, 5.74) is -0.0232. The van der Waals surface area contributed by atoms with Gasteiger partial charge >= 0.3 is 5.97 Å². The van der Waals surface area contributed by atoms with Crippen LogP contribution in [0.4, 0.5) is 0 Å². The second-order valence-electron chi connectivity index (χ2n) is 5.12. The Labute approximate surface area is 122 Å². The van der Waals surface area contributed by atoms with Crippen LogP contribution in [0, 0.1) is 0 Å². The van der Waals surface area contributed by atoms with E-state index in [1.165, 1.54) is 10.9 Å². The number of aryl methyl sites for hydroxylation is 1. The first-order valence-electron chi connectivity index (χ1n) is 6.85. The van der Waals surface area contributed by atoms with E-state index in [0.29, 0.717) is 19.8 Å². The number of aromatic nitrogens is 2. The van der Waals surface area contributed by atoms with Crippen LogP contribution in [0.25, 0.3) is 0 Å². The zero-order valence-corrected chi connectivity index (χ0v) is 12.2. The Balaban J connectivity index is 1.97. The van der Waals surface area contributed by atoms with Crippen molar-refractivity contribution in [2.45, 2.75) is 13.0 Å². The summed E-state index contributed by atoms with van der Waals surface area (Å²) in [5.74, 6) is -1.58. The van der Waals surface area contributed by atoms with Gasteiger partial charge in [0.1, 0.15) is 11.3 Å². The lowest BCUT2D eigenvalue weighted by Gasteiger charge is -2.29. The third kappa shape index (κ3) is 3.79. The lowest BCUT2D eigenvalue weighted by atomic mass is 10.2. The molecular weight excluding hydrogens is 276 g/mol. The standard InChI is InChI=1S/C13H20N4O4/c1-9(8-17-3-5-21-6-4-17)15-12(18)11-10(13(19)20)7-14-16(11)2/h7,9H,3-6,8H2,1-2H3,(H,15,18)(H,19,20)/t9-/m0/s1. The zero-order chi connectivity index (χ0) is 15.4. The smallest absolute Gasteiger partial charge is 0.339 e. The van der Waals surface area contributed by atoms with Gasteiger partial charge in [-0.2, -0.15) is 5.10 Å². The SMILES string of the molecule is C[C@@H](CN1CCOCC1)NC(=O)c1c(C(=O)O)cnn1C. The highest BCUT2D eigenvalue weighted by Gasteiger charge is 2.23. The third-order valence-electron chi connectivity index (χ3n) is 3.40. The summed E-state index contributed by atoms with van der Waals surface area (Å²) in [6.45, 7) is 5.68. The molecule has 1 aromatic rings. The summed E-state index contributed by atoms with van der Waals surface area (Å²) in [5, 5.41) is 15.7. The van der Waals surface area contributed by atoms with Gasteiger partial charge in [-0.25, -0.2) is 4.79 Å². The van der Waals surface area contributed by atoms with Crippen molar-refractivity contribution in [2.24, 2.45) is 7.05 Å². The highest BCUT2D eigenvalue weighted by Crippen LogP contribution is 2.08. The summed E-state index contributed by atoms with van der Waals surface area (Å²) >= 11 is 0. The molecule has 0 bridgehead atoms. The van der Waals surface area contributed by atoms with Crippen molar-refractivity contribution in [1.29, 1.82) is 0 Å². The fourth-order valence-electron chi connectivity index (χ4n) is 2.37. The number of carbonyl (C=O) groups is 2. The number of aromatic carboxylic acids is 1. The minimum Gasteiger partial charge on any atom is -0.478 e. The number of nitrogens with one attached hydrogen (secondary N) is 1. The summed E-state index contributed by atoms with van der Waals surface area (Å²) in [4.78, 5) is 25.5. The molecule has 1 fully saturated rings. The first kappa shape index (κ1) is 15.5. The minimum atomic E-state index is -1.16. The van der Waals surface area contributed by atoms with E-state index in [1.807, 2.05) is 6.92 Å². The van der Waals surface area contributed by atoms with E-state index < -0.39 is 11.9 Å². The van der Waals surface area contributed by atoms with Gasteiger partial charge in [0.05, 0.1) is 19.4 Å². The average molecular weight is 296 g/mol. The van der Waals surface area contributed by atoms with Gasteiger partial charge in [-0.15, -0.1) is 0 Å². The quantitative estimate of drug-likeness (QED) is 0.765. The Morgan fingerprint density at radius 2 is 2.14 bits per heavy atom. The number of hydrogen-bond acceptors (Lipinski definition) is 5. The number of rotatable bonds is 5. The van der Waals surface area contributed by atoms with Crippen LogP contribution in [-0.2, 0) is 11.8 Å². The summed E-state index contributed by atoms with van der Waals surface area (Å²) in [7, 11) is 1.55. The zero-order valence-electron chi connectivity index (χ0n) is 12.2. The van der Waals surface area contributed by atoms with Crippen LogP contribution >= 0.6 is 0 Å². The van der Waals surface area contributed by atoms with Gasteiger partial charge in [-0.1, -0.05) is 0 Å². The third-order valence-corrected chi connectivity index (χ3v) is 3.40. The van der Waals surface area contributed by atoms with Crippen LogP contribution in [0.5, 0.6) is 0 Å². The van der Waals surface area contributed by atoms with Gasteiger partial charge in [-0.3, -0.25) is 14.4 Å². The topological polar surface area (TPSA) is 96.7 Å². The number of carboxylic acid groups (broad SMARTS) is 1. The maximum Gasteiger partial charge on any atom is 0.339 e. The molecule has 116 valence electrons. The monoisotopic (exact) mass is 296 g/mol. The highest BCUT2D eigenvalue weighted by atomic mass is 16.5. The molecule has 0 aromatic carbocycles. The van der Waals surface area contributed by atoms with Crippen LogP contribution in [-0.4, -0.2) is 70.6 Å². The van der Waals surface area contributed by atoms with Crippen molar-refractivity contribution in [1.82, 2.24) is 20.0 Å². The fourth-order valence-corrected chi connectivity index (χ4v) is 2.37. The molecule has 1 atom stereocenters. The van der Waals surface area contributed by atoms with Crippen LogP contribution in [0.1, 0.15) is 27.8 Å². The summed E-state index contributed by atoms with van der Waals surface area (Å²) in [6, 6.07) is -0.0906. The summed E-state index contributed by atoms with van der Waals surface area (Å²) in [6.07, 6.45) is 1.18. The average Bonchev–Trinajstić information content (AvgIpc) is 2.81. The molecule has 0 spiro atoms. The second kappa shape index (κ2) is 6.68. The van der Waals surface area contributed by atoms with Crippen LogP contribution in [0.3, 0.4) is 0 Å². The van der Waals surface area contributed by atoms with E-state index in [2.05, 4.69) is 15.3 Å². The van der Waals surface area contributed by atoms with E-state index >= 15 is 0 Å². The number of hydrogen-bond donors (Lipinski definition) is 2. The van der Waals surface area contributed by atoms with Crippen LogP contribution < -0.4 is 5.32 Å². The maximum absolute atomic E-state index is 12.2. The Hall–Kier alpha value is -1.93. The van der Waals surface area contributed by atoms with E-state index in [0.717, 1.165) is 13.1 Å². The van der Waals surface area contributed by atoms with Gasteiger partial charge in [0.25, 0.3) is 5.91 Å². The number of carbonyl (C=O) groups excluding carboxylic acids is 1. The Morgan fingerprint density at radius 3 is 2.76 bits per heavy atom. The molecule has 2 N–H and O–H groups in total. The molecular formula is C13H20N4O4. The Kier molecular flexibility index (Phi) is 4.92. The van der Waals surface area contributed by atoms with E-state index in [1.54, 1.807) is 7.05 Å². The van der Waals surface area contributed by atoms with Crippen LogP contribution in [0.15, 0.2) is 6.20 Å². The molecule has 21 heavy (non-hydrogen) atoms. The normalized spacial score (nSPS) is 17.4. The number of morpholine rings is 1. The minimum absolute atomic E-state index is 0.0660. The number of amides is 1. The largest absolute Gasteiger partial charge is 0.478 e. The second-order valence-corrected chi connectivity index (χ2v) is 5.12. The van der Waals surface area contributed by atoms with Crippen molar-refractivity contribution < 1.29 is 19.4 Å². The molecule has 1 aliphatic heterocycles. The molecule has 0 saturated carbocycles. The predicted octanol–water partition coefficient (Wildman–Crippen LogP) is -0.431. The molecule has 2 heterocycles. The number of carboxylic acids is 1. The van der Waals surface area contributed by atoms with Gasteiger partial charge in [0.15, 0.2) is 0 Å². The Morgan fingerprint density at radius 1 is 1.48 bits per heavy atom. The molecule has 1 saturated heterocycles. The molecule has 1 aromatic heterocycles. The van der Waals surface area contributed by atoms with Crippen molar-refractivity contribution in [3.63, 3.8) is 0 Å². The Bertz CT molecular complexity index is 522. The molecule has 2 rings (SSSR count). The maximum atomic E-state index is 12.2. The van der Waals surface area contributed by atoms with Gasteiger partial charge in [-0.05, 0) is 6.92 Å². The first-order valence-corrected chi connectivity index (χ1v) is 6.85. The van der Waals surface area contributed by atoms with Crippen LogP contribution in [0.2, 0.25) is 0 Å². The molecule has 8 heteroatoms. The molecule has 0 radical (unpaired) electrons. The van der Waals surface area contributed by atoms with Crippen molar-refractivity contribution in [2.75, 3.05) is 32.8 Å². The van der Waals surface area contributed by atoms with Crippen molar-refractivity contribution >= 4 is 11.9 Å². The predicted molar refractivity (Wildman–Crippen MR) is 74.4 cm³/mol. The van der Waals surface area contributed by atoms with Crippen molar-refractivity contribution in [3.8, 4) is 0 Å². The van der Waals surface area contributed by atoms with E-state index in [4.69, 9.17) is 9.84 Å². The molecule has 8 nitrogen and oxygen atoms in total. The van der Waals surface area contributed by atoms with Crippen molar-refractivity contribution in [3.05, 3.63) is 17.5 Å². The van der Waals surface area contributed by atoms with Gasteiger partial charge in [0, 0.05) is 32.7 Å². The molecule has 0 aliphatic carbocycles.